The molecule has 0 radical (unpaired) electrons. The molecular weight excluding hydrogens is 214 g/mol. The number of hydrogen-bond donors (Lipinski definition) is 1. The second-order valence-electron chi connectivity index (χ2n) is 2.79. The van der Waals surface area contributed by atoms with Crippen molar-refractivity contribution in [2.75, 3.05) is 26.0 Å². The van der Waals surface area contributed by atoms with Crippen LogP contribution in [0.3, 0.4) is 0 Å². The molecule has 6 heteroatoms. The van der Waals surface area contributed by atoms with Crippen LogP contribution in [0, 0.1) is 0 Å². The molecule has 0 heterocycles. The molecular formula is C7H16ClNO3S. The summed E-state index contributed by atoms with van der Waals surface area (Å²) in [7, 11) is -1.62. The third-order valence-corrected chi connectivity index (χ3v) is 2.93. The van der Waals surface area contributed by atoms with E-state index in [1.807, 2.05) is 0 Å². The number of ether oxygens (including phenoxy) is 1. The van der Waals surface area contributed by atoms with Crippen LogP contribution in [-0.4, -0.2) is 39.8 Å². The summed E-state index contributed by atoms with van der Waals surface area (Å²) >= 11 is 5.59. The van der Waals surface area contributed by atoms with Gasteiger partial charge in [-0.1, -0.05) is 0 Å². The Hall–Kier alpha value is 0.160. The highest BCUT2D eigenvalue weighted by Crippen LogP contribution is 1.94. The highest BCUT2D eigenvalue weighted by molar-refractivity contribution is 7.89. The van der Waals surface area contributed by atoms with Crippen LogP contribution in [0.2, 0.25) is 0 Å². The summed E-state index contributed by atoms with van der Waals surface area (Å²) < 4.78 is 29.5. The molecule has 0 aliphatic carbocycles. The summed E-state index contributed by atoms with van der Waals surface area (Å²) in [6.45, 7) is 2.47. The molecule has 13 heavy (non-hydrogen) atoms. The number of hydrogen-bond acceptors (Lipinski definition) is 3. The van der Waals surface area contributed by atoms with Crippen LogP contribution < -0.4 is 4.72 Å². The van der Waals surface area contributed by atoms with Gasteiger partial charge in [-0.25, -0.2) is 13.1 Å². The Kier molecular flexibility index (Phi) is 6.67. The van der Waals surface area contributed by atoms with E-state index in [4.69, 9.17) is 16.3 Å². The lowest BCUT2D eigenvalue weighted by Gasteiger charge is -2.06. The molecule has 1 N–H and O–H groups in total. The van der Waals surface area contributed by atoms with Crippen molar-refractivity contribution in [3.63, 3.8) is 0 Å². The van der Waals surface area contributed by atoms with Gasteiger partial charge in [0.05, 0.1) is 5.75 Å². The number of rotatable bonds is 7. The standard InChI is InChI=1S/C7H16ClNO3S/c1-7(8)6-9-13(10,11)5-3-4-12-2/h7,9H,3-6H2,1-2H3. The number of nitrogens with one attached hydrogen (secondary N) is 1. The highest BCUT2D eigenvalue weighted by Gasteiger charge is 2.09. The zero-order valence-electron chi connectivity index (χ0n) is 7.92. The fraction of sp³-hybridized carbons (Fsp3) is 1.00. The molecule has 0 amide bonds. The molecule has 0 rings (SSSR count). The number of methoxy groups -OCH3 is 1. The lowest BCUT2D eigenvalue weighted by atomic mass is 10.5. The maximum absolute atomic E-state index is 11.2. The normalized spacial score (nSPS) is 14.4. The quantitative estimate of drug-likeness (QED) is 0.513. The van der Waals surface area contributed by atoms with Gasteiger partial charge in [0.15, 0.2) is 0 Å². The maximum Gasteiger partial charge on any atom is 0.211 e. The minimum Gasteiger partial charge on any atom is -0.385 e. The topological polar surface area (TPSA) is 55.4 Å². The van der Waals surface area contributed by atoms with Crippen molar-refractivity contribution in [2.45, 2.75) is 18.7 Å². The van der Waals surface area contributed by atoms with Gasteiger partial charge in [0.1, 0.15) is 0 Å². The minimum absolute atomic E-state index is 0.0877. The molecule has 80 valence electrons. The molecule has 0 aromatic carbocycles. The first kappa shape index (κ1) is 13.2. The first-order chi connectivity index (χ1) is 5.98. The first-order valence-electron chi connectivity index (χ1n) is 4.08. The second kappa shape index (κ2) is 6.59. The van der Waals surface area contributed by atoms with Crippen LogP contribution in [0.4, 0.5) is 0 Å². The average molecular weight is 230 g/mol. The van der Waals surface area contributed by atoms with E-state index < -0.39 is 10.0 Å². The van der Waals surface area contributed by atoms with Crippen LogP contribution in [0.5, 0.6) is 0 Å². The van der Waals surface area contributed by atoms with Crippen LogP contribution >= 0.6 is 11.6 Å². The predicted octanol–water partition coefficient (Wildman–Crippen LogP) is 0.570. The highest BCUT2D eigenvalue weighted by atomic mass is 35.5. The average Bonchev–Trinajstić information content (AvgIpc) is 2.02. The molecule has 1 atom stereocenters. The Bertz CT molecular complexity index is 216. The number of sulfonamides is 1. The van der Waals surface area contributed by atoms with Crippen molar-refractivity contribution >= 4 is 21.6 Å². The summed E-state index contributed by atoms with van der Waals surface area (Å²) in [5, 5.41) is -0.183. The summed E-state index contributed by atoms with van der Waals surface area (Å²) in [5.74, 6) is 0.0877. The van der Waals surface area contributed by atoms with Crippen LogP contribution in [0.1, 0.15) is 13.3 Å². The third kappa shape index (κ3) is 8.49. The number of alkyl halides is 1. The van der Waals surface area contributed by atoms with Crippen LogP contribution in [0.25, 0.3) is 0 Å². The summed E-state index contributed by atoms with van der Waals surface area (Å²) in [5.41, 5.74) is 0. The predicted molar refractivity (Wildman–Crippen MR) is 53.6 cm³/mol. The molecule has 1 unspecified atom stereocenters. The van der Waals surface area contributed by atoms with Gasteiger partial charge in [-0.05, 0) is 13.3 Å². The molecule has 0 aliphatic rings. The number of halogens is 1. The second-order valence-corrected chi connectivity index (χ2v) is 5.47. The largest absolute Gasteiger partial charge is 0.385 e. The van der Waals surface area contributed by atoms with E-state index >= 15 is 0 Å². The lowest BCUT2D eigenvalue weighted by Crippen LogP contribution is -2.31. The molecule has 0 aromatic rings. The molecule has 4 nitrogen and oxygen atoms in total. The van der Waals surface area contributed by atoms with Gasteiger partial charge in [-0.2, -0.15) is 0 Å². The Morgan fingerprint density at radius 1 is 1.54 bits per heavy atom. The van der Waals surface area contributed by atoms with Gasteiger partial charge >= 0.3 is 0 Å². The van der Waals surface area contributed by atoms with Crippen molar-refractivity contribution in [3.05, 3.63) is 0 Å². The van der Waals surface area contributed by atoms with Crippen molar-refractivity contribution in [3.8, 4) is 0 Å². The van der Waals surface area contributed by atoms with Gasteiger partial charge < -0.3 is 4.74 Å². The zero-order valence-corrected chi connectivity index (χ0v) is 9.49. The van der Waals surface area contributed by atoms with E-state index in [0.717, 1.165) is 0 Å². The summed E-state index contributed by atoms with van der Waals surface area (Å²) in [4.78, 5) is 0. The van der Waals surface area contributed by atoms with Crippen molar-refractivity contribution in [2.24, 2.45) is 0 Å². The first-order valence-corrected chi connectivity index (χ1v) is 6.17. The molecule has 0 saturated heterocycles. The lowest BCUT2D eigenvalue weighted by molar-refractivity contribution is 0.199. The summed E-state index contributed by atoms with van der Waals surface area (Å²) in [6, 6.07) is 0. The smallest absolute Gasteiger partial charge is 0.211 e. The summed E-state index contributed by atoms with van der Waals surface area (Å²) in [6.07, 6.45) is 0.502. The minimum atomic E-state index is -3.16. The van der Waals surface area contributed by atoms with Crippen LogP contribution in [0.15, 0.2) is 0 Å². The van der Waals surface area contributed by atoms with Crippen molar-refractivity contribution < 1.29 is 13.2 Å². The molecule has 0 spiro atoms. The van der Waals surface area contributed by atoms with E-state index in [0.29, 0.717) is 13.0 Å². The third-order valence-electron chi connectivity index (χ3n) is 1.35. The van der Waals surface area contributed by atoms with E-state index in [9.17, 15) is 8.42 Å². The van der Waals surface area contributed by atoms with Gasteiger partial charge in [-0.3, -0.25) is 0 Å². The maximum atomic E-state index is 11.2. The van der Waals surface area contributed by atoms with Gasteiger partial charge in [0, 0.05) is 25.6 Å². The Labute approximate surface area is 84.7 Å². The molecule has 0 fully saturated rings. The fourth-order valence-electron chi connectivity index (χ4n) is 0.707. The van der Waals surface area contributed by atoms with E-state index in [2.05, 4.69) is 4.72 Å². The molecule has 0 saturated carbocycles. The van der Waals surface area contributed by atoms with Gasteiger partial charge in [0.2, 0.25) is 10.0 Å². The van der Waals surface area contributed by atoms with Crippen molar-refractivity contribution in [1.29, 1.82) is 0 Å². The Morgan fingerprint density at radius 3 is 2.62 bits per heavy atom. The Balaban J connectivity index is 3.68. The molecule has 0 bridgehead atoms. The molecule has 0 aromatic heterocycles. The van der Waals surface area contributed by atoms with E-state index in [1.54, 1.807) is 14.0 Å². The van der Waals surface area contributed by atoms with Gasteiger partial charge in [-0.15, -0.1) is 11.6 Å². The van der Waals surface area contributed by atoms with E-state index in [1.165, 1.54) is 0 Å². The van der Waals surface area contributed by atoms with Crippen molar-refractivity contribution in [1.82, 2.24) is 4.72 Å². The van der Waals surface area contributed by atoms with Crippen LogP contribution in [-0.2, 0) is 14.8 Å². The zero-order chi connectivity index (χ0) is 10.3. The van der Waals surface area contributed by atoms with Gasteiger partial charge in [0.25, 0.3) is 0 Å². The Morgan fingerprint density at radius 2 is 2.15 bits per heavy atom. The SMILES string of the molecule is COCCCS(=O)(=O)NCC(C)Cl. The monoisotopic (exact) mass is 229 g/mol. The molecule has 0 aliphatic heterocycles. The van der Waals surface area contributed by atoms with E-state index in [-0.39, 0.29) is 17.7 Å². The fourth-order valence-corrected chi connectivity index (χ4v) is 2.02.